The van der Waals surface area contributed by atoms with E-state index in [1.165, 1.54) is 11.3 Å². The predicted molar refractivity (Wildman–Crippen MR) is 53.0 cm³/mol. The lowest BCUT2D eigenvalue weighted by Crippen LogP contribution is -2.33. The van der Waals surface area contributed by atoms with E-state index in [0.717, 1.165) is 4.88 Å². The van der Waals surface area contributed by atoms with Crippen LogP contribution in [0, 0.1) is 0 Å². The van der Waals surface area contributed by atoms with Crippen LogP contribution in [0.4, 0.5) is 0 Å². The van der Waals surface area contributed by atoms with Crippen molar-refractivity contribution in [2.45, 2.75) is 12.5 Å². The number of rotatable bonds is 6. The van der Waals surface area contributed by atoms with Gasteiger partial charge >= 0.3 is 11.9 Å². The molecule has 0 atom stereocenters. The summed E-state index contributed by atoms with van der Waals surface area (Å²) >= 11 is 1.52. The molecular formula is C9H10O5S. The van der Waals surface area contributed by atoms with Crippen molar-refractivity contribution in [2.75, 3.05) is 6.61 Å². The molecule has 0 fully saturated rings. The third kappa shape index (κ3) is 3.69. The van der Waals surface area contributed by atoms with Crippen LogP contribution in [0.3, 0.4) is 0 Å². The average Bonchev–Trinajstić information content (AvgIpc) is 2.63. The zero-order valence-corrected chi connectivity index (χ0v) is 8.57. The molecule has 2 N–H and O–H groups in total. The Morgan fingerprint density at radius 2 is 2.07 bits per heavy atom. The van der Waals surface area contributed by atoms with E-state index >= 15 is 0 Å². The molecule has 1 aromatic heterocycles. The summed E-state index contributed by atoms with van der Waals surface area (Å²) in [5.74, 6) is -2.96. The smallest absolute Gasteiger partial charge is 0.344 e. The van der Waals surface area contributed by atoms with Gasteiger partial charge < -0.3 is 14.9 Å². The maximum atomic E-state index is 10.4. The highest BCUT2D eigenvalue weighted by Gasteiger charge is 2.26. The van der Waals surface area contributed by atoms with Crippen LogP contribution in [-0.2, 0) is 20.7 Å². The minimum atomic E-state index is -1.77. The van der Waals surface area contributed by atoms with Crippen molar-refractivity contribution in [1.29, 1.82) is 0 Å². The SMILES string of the molecule is O=C(O)C(OCCc1cccs1)C(=O)O. The van der Waals surface area contributed by atoms with Crippen LogP contribution in [0.15, 0.2) is 17.5 Å². The zero-order valence-electron chi connectivity index (χ0n) is 7.75. The minimum Gasteiger partial charge on any atom is -0.479 e. The molecule has 0 unspecified atom stereocenters. The summed E-state index contributed by atoms with van der Waals surface area (Å²) in [5.41, 5.74) is 0. The van der Waals surface area contributed by atoms with Crippen molar-refractivity contribution < 1.29 is 24.5 Å². The van der Waals surface area contributed by atoms with Crippen molar-refractivity contribution >= 4 is 23.3 Å². The second kappa shape index (κ2) is 5.47. The van der Waals surface area contributed by atoms with Gasteiger partial charge in [0.25, 0.3) is 6.10 Å². The van der Waals surface area contributed by atoms with Gasteiger partial charge in [0.2, 0.25) is 0 Å². The zero-order chi connectivity index (χ0) is 11.3. The Morgan fingerprint density at radius 3 is 2.53 bits per heavy atom. The van der Waals surface area contributed by atoms with Crippen LogP contribution in [0.25, 0.3) is 0 Å². The first-order valence-corrected chi connectivity index (χ1v) is 5.09. The highest BCUT2D eigenvalue weighted by atomic mass is 32.1. The Kier molecular flexibility index (Phi) is 4.26. The maximum absolute atomic E-state index is 10.4. The maximum Gasteiger partial charge on any atom is 0.344 e. The third-order valence-electron chi connectivity index (χ3n) is 1.66. The summed E-state index contributed by atoms with van der Waals surface area (Å²) in [6.07, 6.45) is -1.25. The summed E-state index contributed by atoms with van der Waals surface area (Å²) in [6, 6.07) is 3.75. The lowest BCUT2D eigenvalue weighted by atomic mass is 10.3. The van der Waals surface area contributed by atoms with Crippen molar-refractivity contribution in [1.82, 2.24) is 0 Å². The summed E-state index contributed by atoms with van der Waals surface area (Å²) in [4.78, 5) is 21.9. The Morgan fingerprint density at radius 1 is 1.40 bits per heavy atom. The largest absolute Gasteiger partial charge is 0.479 e. The molecule has 6 heteroatoms. The van der Waals surface area contributed by atoms with E-state index in [2.05, 4.69) is 0 Å². The molecule has 1 aromatic rings. The molecule has 0 amide bonds. The Balaban J connectivity index is 2.35. The fraction of sp³-hybridized carbons (Fsp3) is 0.333. The molecule has 0 saturated heterocycles. The van der Waals surface area contributed by atoms with Crippen LogP contribution in [0.1, 0.15) is 4.88 Å². The van der Waals surface area contributed by atoms with Gasteiger partial charge in [-0.1, -0.05) is 6.07 Å². The fourth-order valence-corrected chi connectivity index (χ4v) is 1.67. The molecule has 15 heavy (non-hydrogen) atoms. The molecule has 0 saturated carbocycles. The highest BCUT2D eigenvalue weighted by Crippen LogP contribution is 2.09. The van der Waals surface area contributed by atoms with Gasteiger partial charge in [-0.25, -0.2) is 9.59 Å². The predicted octanol–water partition coefficient (Wildman–Crippen LogP) is 0.845. The second-order valence-electron chi connectivity index (χ2n) is 2.76. The number of ether oxygens (including phenoxy) is 1. The van der Waals surface area contributed by atoms with Gasteiger partial charge in [0.15, 0.2) is 0 Å². The number of carbonyl (C=O) groups is 2. The van der Waals surface area contributed by atoms with Crippen LogP contribution < -0.4 is 0 Å². The lowest BCUT2D eigenvalue weighted by molar-refractivity contribution is -0.165. The molecule has 1 rings (SSSR count). The molecule has 0 spiro atoms. The molecule has 82 valence electrons. The second-order valence-corrected chi connectivity index (χ2v) is 3.79. The molecule has 0 bridgehead atoms. The van der Waals surface area contributed by atoms with E-state index in [9.17, 15) is 9.59 Å². The van der Waals surface area contributed by atoms with E-state index < -0.39 is 18.0 Å². The summed E-state index contributed by atoms with van der Waals surface area (Å²) in [6.45, 7) is 0.0871. The monoisotopic (exact) mass is 230 g/mol. The molecule has 0 aliphatic carbocycles. The van der Waals surface area contributed by atoms with Gasteiger partial charge in [-0.05, 0) is 11.4 Å². The first-order valence-electron chi connectivity index (χ1n) is 4.21. The van der Waals surface area contributed by atoms with E-state index in [0.29, 0.717) is 6.42 Å². The van der Waals surface area contributed by atoms with Gasteiger partial charge in [-0.2, -0.15) is 0 Å². The highest BCUT2D eigenvalue weighted by molar-refractivity contribution is 7.09. The number of hydrogen-bond donors (Lipinski definition) is 2. The molecule has 0 aromatic carbocycles. The van der Waals surface area contributed by atoms with Crippen LogP contribution in [0.5, 0.6) is 0 Å². The van der Waals surface area contributed by atoms with Gasteiger partial charge in [0.1, 0.15) is 0 Å². The molecule has 0 aliphatic rings. The van der Waals surface area contributed by atoms with E-state index in [4.69, 9.17) is 14.9 Å². The average molecular weight is 230 g/mol. The molecule has 0 aliphatic heterocycles. The number of hydrogen-bond acceptors (Lipinski definition) is 4. The summed E-state index contributed by atoms with van der Waals surface area (Å²) in [5, 5.41) is 18.9. The van der Waals surface area contributed by atoms with E-state index in [-0.39, 0.29) is 6.61 Å². The Hall–Kier alpha value is -1.40. The van der Waals surface area contributed by atoms with Crippen LogP contribution in [-0.4, -0.2) is 34.9 Å². The van der Waals surface area contributed by atoms with Gasteiger partial charge in [0.05, 0.1) is 6.61 Å². The molecule has 1 heterocycles. The first kappa shape index (κ1) is 11.7. The molecular weight excluding hydrogens is 220 g/mol. The Bertz CT molecular complexity index is 318. The molecule has 0 radical (unpaired) electrons. The van der Waals surface area contributed by atoms with Gasteiger partial charge in [-0.3, -0.25) is 0 Å². The first-order chi connectivity index (χ1) is 7.11. The normalized spacial score (nSPS) is 10.5. The number of carboxylic acids is 2. The number of aliphatic carboxylic acids is 2. The third-order valence-corrected chi connectivity index (χ3v) is 2.60. The van der Waals surface area contributed by atoms with Crippen LogP contribution in [0.2, 0.25) is 0 Å². The van der Waals surface area contributed by atoms with E-state index in [1.54, 1.807) is 0 Å². The lowest BCUT2D eigenvalue weighted by Gasteiger charge is -2.07. The van der Waals surface area contributed by atoms with E-state index in [1.807, 2.05) is 17.5 Å². The van der Waals surface area contributed by atoms with Crippen LogP contribution >= 0.6 is 11.3 Å². The molecule has 5 nitrogen and oxygen atoms in total. The minimum absolute atomic E-state index is 0.0871. The van der Waals surface area contributed by atoms with Gasteiger partial charge in [0, 0.05) is 11.3 Å². The van der Waals surface area contributed by atoms with Crippen molar-refractivity contribution in [3.63, 3.8) is 0 Å². The quantitative estimate of drug-likeness (QED) is 0.707. The van der Waals surface area contributed by atoms with Gasteiger partial charge in [-0.15, -0.1) is 11.3 Å². The van der Waals surface area contributed by atoms with Crippen molar-refractivity contribution in [2.24, 2.45) is 0 Å². The summed E-state index contributed by atoms with van der Waals surface area (Å²) < 4.78 is 4.75. The van der Waals surface area contributed by atoms with Crippen molar-refractivity contribution in [3.05, 3.63) is 22.4 Å². The van der Waals surface area contributed by atoms with Crippen molar-refractivity contribution in [3.8, 4) is 0 Å². The topological polar surface area (TPSA) is 83.8 Å². The number of thiophene rings is 1. The Labute approximate surface area is 89.9 Å². The summed E-state index contributed by atoms with van der Waals surface area (Å²) in [7, 11) is 0. The fourth-order valence-electron chi connectivity index (χ4n) is 0.980. The number of carboxylic acid groups (broad SMARTS) is 2. The standard InChI is InChI=1S/C9H10O5S/c10-8(11)7(9(12)13)14-4-3-6-2-1-5-15-6/h1-2,5,7H,3-4H2,(H,10,11)(H,12,13).